The maximum absolute atomic E-state index is 12.2. The summed E-state index contributed by atoms with van der Waals surface area (Å²) in [6, 6.07) is 6.40. The Labute approximate surface area is 171 Å². The Morgan fingerprint density at radius 3 is 2.75 bits per heavy atom. The minimum atomic E-state index is 0.146. The van der Waals surface area contributed by atoms with Crippen LogP contribution in [-0.2, 0) is 11.2 Å². The van der Waals surface area contributed by atoms with E-state index >= 15 is 0 Å². The zero-order valence-corrected chi connectivity index (χ0v) is 17.9. The molecule has 1 aliphatic rings. The fourth-order valence-corrected chi connectivity index (χ4v) is 4.05. The molecule has 0 aliphatic heterocycles. The predicted octanol–water partition coefficient (Wildman–Crippen LogP) is 3.25. The molecule has 1 aromatic rings. The number of nitrogens with two attached hydrogens (primary N) is 1. The van der Waals surface area contributed by atoms with Gasteiger partial charge in [0.25, 0.3) is 0 Å². The quantitative estimate of drug-likeness (QED) is 0.405. The van der Waals surface area contributed by atoms with E-state index in [1.807, 2.05) is 0 Å². The molecule has 2 rings (SSSR count). The lowest BCUT2D eigenvalue weighted by Crippen LogP contribution is -2.27. The first-order valence-electron chi connectivity index (χ1n) is 11.0. The molecule has 5 heteroatoms. The Morgan fingerprint density at radius 2 is 2.14 bits per heavy atom. The van der Waals surface area contributed by atoms with Crippen molar-refractivity contribution in [1.82, 2.24) is 5.32 Å². The van der Waals surface area contributed by atoms with Gasteiger partial charge in [0, 0.05) is 18.5 Å². The number of hydrogen-bond donors (Lipinski definition) is 2. The standard InChI is InChI=1S/C23H37BN2O2/c1-3-17(5-4-9-25)12-23(28)26-10-8-16(2)11-18-6-7-19(13-20(18)15-27)21-14-22(21)24/h6-7,13,15-17,21-22H,3-5,8-12,14,24-25H2,1-2H3,(H,26,28). The van der Waals surface area contributed by atoms with Gasteiger partial charge >= 0.3 is 0 Å². The molecule has 1 saturated carbocycles. The smallest absolute Gasteiger partial charge is 0.220 e. The van der Waals surface area contributed by atoms with E-state index < -0.39 is 0 Å². The summed E-state index contributed by atoms with van der Waals surface area (Å²) in [7, 11) is 2.26. The van der Waals surface area contributed by atoms with Crippen LogP contribution in [0.5, 0.6) is 0 Å². The van der Waals surface area contributed by atoms with Crippen molar-refractivity contribution in [2.45, 2.75) is 70.5 Å². The summed E-state index contributed by atoms with van der Waals surface area (Å²) in [5.74, 6) is 2.38. The number of aldehydes is 1. The Hall–Kier alpha value is -1.62. The molecule has 4 nitrogen and oxygen atoms in total. The van der Waals surface area contributed by atoms with Gasteiger partial charge in [-0.15, -0.1) is 0 Å². The zero-order valence-electron chi connectivity index (χ0n) is 17.9. The second kappa shape index (κ2) is 11.4. The van der Waals surface area contributed by atoms with E-state index in [1.54, 1.807) is 0 Å². The number of nitrogens with one attached hydrogen (secondary N) is 1. The molecule has 1 aliphatic carbocycles. The molecule has 1 aromatic carbocycles. The second-order valence-electron chi connectivity index (χ2n) is 8.75. The third-order valence-electron chi connectivity index (χ3n) is 6.23. The summed E-state index contributed by atoms with van der Waals surface area (Å²) in [6.45, 7) is 5.71. The summed E-state index contributed by atoms with van der Waals surface area (Å²) in [4.78, 5) is 23.7. The van der Waals surface area contributed by atoms with Crippen LogP contribution in [0.2, 0.25) is 5.82 Å². The normalized spacial score (nSPS) is 20.4. The van der Waals surface area contributed by atoms with Crippen LogP contribution in [0.15, 0.2) is 18.2 Å². The number of rotatable bonds is 13. The summed E-state index contributed by atoms with van der Waals surface area (Å²) in [5.41, 5.74) is 8.83. The van der Waals surface area contributed by atoms with Crippen LogP contribution in [-0.4, -0.2) is 33.1 Å². The van der Waals surface area contributed by atoms with Gasteiger partial charge in [-0.05, 0) is 67.2 Å². The van der Waals surface area contributed by atoms with Crippen molar-refractivity contribution in [3.63, 3.8) is 0 Å². The van der Waals surface area contributed by atoms with Crippen LogP contribution >= 0.6 is 0 Å². The second-order valence-corrected chi connectivity index (χ2v) is 8.75. The average Bonchev–Trinajstić information content (AvgIpc) is 3.41. The number of carbonyl (C=O) groups is 2. The molecular formula is C23H37BN2O2. The Morgan fingerprint density at radius 1 is 1.39 bits per heavy atom. The topological polar surface area (TPSA) is 72.2 Å². The monoisotopic (exact) mass is 384 g/mol. The Bertz CT molecular complexity index is 649. The third-order valence-corrected chi connectivity index (χ3v) is 6.23. The van der Waals surface area contributed by atoms with E-state index in [4.69, 9.17) is 5.73 Å². The van der Waals surface area contributed by atoms with E-state index in [9.17, 15) is 9.59 Å². The molecule has 4 atom stereocenters. The lowest BCUT2D eigenvalue weighted by molar-refractivity contribution is -0.122. The van der Waals surface area contributed by atoms with Gasteiger partial charge in [0.15, 0.2) is 0 Å². The van der Waals surface area contributed by atoms with Gasteiger partial charge in [-0.25, -0.2) is 0 Å². The minimum Gasteiger partial charge on any atom is -0.356 e. The molecule has 0 aromatic heterocycles. The highest BCUT2D eigenvalue weighted by atomic mass is 16.1. The molecule has 0 saturated heterocycles. The molecular weight excluding hydrogens is 347 g/mol. The summed E-state index contributed by atoms with van der Waals surface area (Å²) in [6.07, 6.45) is 7.66. The largest absolute Gasteiger partial charge is 0.356 e. The van der Waals surface area contributed by atoms with Crippen molar-refractivity contribution in [3.05, 3.63) is 34.9 Å². The fraction of sp³-hybridized carbons (Fsp3) is 0.652. The van der Waals surface area contributed by atoms with Gasteiger partial charge in [-0.1, -0.05) is 44.6 Å². The van der Waals surface area contributed by atoms with E-state index in [0.29, 0.717) is 37.3 Å². The molecule has 1 fully saturated rings. The Balaban J connectivity index is 1.75. The number of carbonyl (C=O) groups excluding carboxylic acids is 2. The van der Waals surface area contributed by atoms with E-state index in [2.05, 4.69) is 45.2 Å². The molecule has 3 N–H and O–H groups in total. The molecule has 0 bridgehead atoms. The van der Waals surface area contributed by atoms with Crippen molar-refractivity contribution < 1.29 is 9.59 Å². The highest BCUT2D eigenvalue weighted by Crippen LogP contribution is 2.50. The average molecular weight is 384 g/mol. The first-order chi connectivity index (χ1) is 13.5. The van der Waals surface area contributed by atoms with Crippen LogP contribution in [0, 0.1) is 11.8 Å². The van der Waals surface area contributed by atoms with Gasteiger partial charge < -0.3 is 11.1 Å². The van der Waals surface area contributed by atoms with Crippen molar-refractivity contribution in [1.29, 1.82) is 0 Å². The van der Waals surface area contributed by atoms with Crippen LogP contribution in [0.4, 0.5) is 0 Å². The number of benzene rings is 1. The zero-order chi connectivity index (χ0) is 20.5. The van der Waals surface area contributed by atoms with Crippen LogP contribution in [0.1, 0.15) is 79.8 Å². The lowest BCUT2D eigenvalue weighted by atomic mass is 9.91. The first-order valence-corrected chi connectivity index (χ1v) is 11.0. The minimum absolute atomic E-state index is 0.146. The van der Waals surface area contributed by atoms with E-state index in [-0.39, 0.29) is 5.91 Å². The lowest BCUT2D eigenvalue weighted by Gasteiger charge is -2.16. The van der Waals surface area contributed by atoms with Crippen LogP contribution in [0.3, 0.4) is 0 Å². The van der Waals surface area contributed by atoms with Crippen LogP contribution in [0.25, 0.3) is 0 Å². The molecule has 154 valence electrons. The molecule has 0 radical (unpaired) electrons. The molecule has 0 spiro atoms. The maximum atomic E-state index is 12.2. The summed E-state index contributed by atoms with van der Waals surface area (Å²) >= 11 is 0. The third kappa shape index (κ3) is 7.08. The summed E-state index contributed by atoms with van der Waals surface area (Å²) in [5, 5.41) is 3.07. The highest BCUT2D eigenvalue weighted by molar-refractivity contribution is 6.14. The van der Waals surface area contributed by atoms with Gasteiger partial charge in [-0.3, -0.25) is 9.59 Å². The van der Waals surface area contributed by atoms with Gasteiger partial charge in [0.1, 0.15) is 14.1 Å². The summed E-state index contributed by atoms with van der Waals surface area (Å²) < 4.78 is 0. The first kappa shape index (κ1) is 22.7. The fourth-order valence-electron chi connectivity index (χ4n) is 4.05. The van der Waals surface area contributed by atoms with Gasteiger partial charge in [0.05, 0.1) is 0 Å². The number of amides is 1. The van der Waals surface area contributed by atoms with Crippen molar-refractivity contribution in [2.24, 2.45) is 17.6 Å². The Kier molecular flexibility index (Phi) is 9.23. The van der Waals surface area contributed by atoms with Crippen molar-refractivity contribution in [3.8, 4) is 0 Å². The number of hydrogen-bond acceptors (Lipinski definition) is 3. The van der Waals surface area contributed by atoms with Gasteiger partial charge in [-0.2, -0.15) is 0 Å². The highest BCUT2D eigenvalue weighted by Gasteiger charge is 2.33. The van der Waals surface area contributed by atoms with E-state index in [1.165, 1.54) is 12.0 Å². The maximum Gasteiger partial charge on any atom is 0.220 e. The molecule has 28 heavy (non-hydrogen) atoms. The van der Waals surface area contributed by atoms with Gasteiger partial charge in [0.2, 0.25) is 5.91 Å². The van der Waals surface area contributed by atoms with Crippen molar-refractivity contribution in [2.75, 3.05) is 13.1 Å². The SMILES string of the molecule is BC1CC1c1ccc(CC(C)CCNC(=O)CC(CC)CCCN)c(C=O)c1. The van der Waals surface area contributed by atoms with Crippen LogP contribution < -0.4 is 11.1 Å². The predicted molar refractivity (Wildman–Crippen MR) is 119 cm³/mol. The molecule has 1 amide bonds. The van der Waals surface area contributed by atoms with Crippen molar-refractivity contribution >= 4 is 20.0 Å². The van der Waals surface area contributed by atoms with E-state index in [0.717, 1.165) is 55.3 Å². The molecule has 0 heterocycles. The molecule has 4 unspecified atom stereocenters.